The number of nitrogens with one attached hydrogen (secondary N) is 2. The molecular formula is C30H27ClF2N6O4S. The van der Waals surface area contributed by atoms with Gasteiger partial charge in [0.25, 0.3) is 11.8 Å². The van der Waals surface area contributed by atoms with Crippen LogP contribution in [0.2, 0.25) is 5.02 Å². The van der Waals surface area contributed by atoms with E-state index in [1.54, 1.807) is 36.4 Å². The van der Waals surface area contributed by atoms with Crippen LogP contribution in [-0.4, -0.2) is 51.5 Å². The molecule has 228 valence electrons. The van der Waals surface area contributed by atoms with Crippen LogP contribution < -0.4 is 19.8 Å². The Bertz CT molecular complexity index is 1630. The molecule has 2 fully saturated rings. The lowest BCUT2D eigenvalue weighted by Crippen LogP contribution is -2.56. The van der Waals surface area contributed by atoms with Crippen molar-refractivity contribution in [3.05, 3.63) is 83.0 Å². The molecule has 2 unspecified atom stereocenters. The van der Waals surface area contributed by atoms with E-state index in [0.717, 1.165) is 0 Å². The summed E-state index contributed by atoms with van der Waals surface area (Å²) in [5, 5.41) is 12.2. The molecule has 0 bridgehead atoms. The second-order valence-electron chi connectivity index (χ2n) is 10.5. The number of nitrogens with zero attached hydrogens (tertiary/aromatic N) is 4. The SMILES string of the molecule is C[S+]([O-])Nc1cccc(N(C(=O)[C@@H]2CCC(=O)N2c2cc(C#N)ccn2)C(C(=O)NC2CC(F)(F)C2)c2ccccc2Cl)c1. The van der Waals surface area contributed by atoms with Crippen molar-refractivity contribution in [2.45, 2.75) is 49.7 Å². The number of aromatic nitrogens is 1. The summed E-state index contributed by atoms with van der Waals surface area (Å²) in [6, 6.07) is 14.1. The second-order valence-corrected chi connectivity index (χ2v) is 12.1. The molecule has 0 radical (unpaired) electrons. The van der Waals surface area contributed by atoms with Crippen molar-refractivity contribution in [1.29, 1.82) is 5.26 Å². The van der Waals surface area contributed by atoms with Crippen molar-refractivity contribution in [2.75, 3.05) is 20.8 Å². The van der Waals surface area contributed by atoms with E-state index in [0.29, 0.717) is 5.69 Å². The molecule has 10 nitrogen and oxygen atoms in total. The number of benzene rings is 2. The number of halogens is 3. The Morgan fingerprint density at radius 2 is 1.95 bits per heavy atom. The summed E-state index contributed by atoms with van der Waals surface area (Å²) in [4.78, 5) is 48.4. The summed E-state index contributed by atoms with van der Waals surface area (Å²) < 4.78 is 42.1. The number of rotatable bonds is 9. The molecule has 2 aromatic carbocycles. The van der Waals surface area contributed by atoms with Crippen molar-refractivity contribution in [2.24, 2.45) is 0 Å². The van der Waals surface area contributed by atoms with Crippen LogP contribution in [0, 0.1) is 11.3 Å². The highest BCUT2D eigenvalue weighted by atomic mass is 35.5. The van der Waals surface area contributed by atoms with Gasteiger partial charge in [0.1, 0.15) is 24.2 Å². The standard InChI is InChI=1S/C30H27ClF2N6O4S/c1-44(43)37-19-5-4-6-21(14-19)38(29(42)24-9-10-26(40)39(24)25-13-18(17-34)11-12-35-25)27(22-7-2-3-8-23(22)31)28(41)36-20-15-30(32,33)16-20/h2-8,11-14,20,24,27,37H,9-10,15-16H2,1H3,(H,36,41)/t24-,27?,44?/m0/s1. The minimum absolute atomic E-state index is 0.000761. The van der Waals surface area contributed by atoms with Crippen LogP contribution >= 0.6 is 11.6 Å². The highest BCUT2D eigenvalue weighted by molar-refractivity contribution is 7.92. The van der Waals surface area contributed by atoms with Crippen LogP contribution in [0.5, 0.6) is 0 Å². The van der Waals surface area contributed by atoms with Crippen molar-refractivity contribution in [3.8, 4) is 6.07 Å². The number of amides is 3. The van der Waals surface area contributed by atoms with Crippen molar-refractivity contribution in [1.82, 2.24) is 10.3 Å². The molecule has 3 aromatic rings. The minimum Gasteiger partial charge on any atom is -0.593 e. The number of carbonyl (C=O) groups is 3. The predicted octanol–water partition coefficient (Wildman–Crippen LogP) is 4.50. The highest BCUT2D eigenvalue weighted by Gasteiger charge is 2.48. The lowest BCUT2D eigenvalue weighted by atomic mass is 9.87. The zero-order valence-electron chi connectivity index (χ0n) is 23.4. The van der Waals surface area contributed by atoms with E-state index in [1.807, 2.05) is 6.07 Å². The van der Waals surface area contributed by atoms with Gasteiger partial charge in [0.05, 0.1) is 28.7 Å². The highest BCUT2D eigenvalue weighted by Crippen LogP contribution is 2.40. The van der Waals surface area contributed by atoms with Gasteiger partial charge < -0.3 is 9.87 Å². The molecule has 1 saturated heterocycles. The van der Waals surface area contributed by atoms with Gasteiger partial charge in [-0.2, -0.15) is 5.26 Å². The van der Waals surface area contributed by atoms with E-state index < -0.39 is 66.0 Å². The minimum atomic E-state index is -2.90. The lowest BCUT2D eigenvalue weighted by Gasteiger charge is -2.39. The van der Waals surface area contributed by atoms with E-state index in [9.17, 15) is 33.0 Å². The largest absolute Gasteiger partial charge is 0.593 e. The number of hydrogen-bond acceptors (Lipinski definition) is 7. The maximum Gasteiger partial charge on any atom is 0.252 e. The Hall–Kier alpha value is -4.25. The van der Waals surface area contributed by atoms with Crippen LogP contribution in [0.15, 0.2) is 66.9 Å². The van der Waals surface area contributed by atoms with Gasteiger partial charge in [0.15, 0.2) is 0 Å². The third-order valence-electron chi connectivity index (χ3n) is 7.38. The molecule has 1 aliphatic carbocycles. The number of carbonyl (C=O) groups excluding carboxylic acids is 3. The Morgan fingerprint density at radius 1 is 1.20 bits per heavy atom. The summed E-state index contributed by atoms with van der Waals surface area (Å²) in [7, 11) is 0. The van der Waals surface area contributed by atoms with Crippen LogP contribution in [0.4, 0.5) is 26.0 Å². The first-order chi connectivity index (χ1) is 21.0. The quantitative estimate of drug-likeness (QED) is 0.328. The summed E-state index contributed by atoms with van der Waals surface area (Å²) in [6.07, 6.45) is 1.76. The summed E-state index contributed by atoms with van der Waals surface area (Å²) in [6.45, 7) is 0. The van der Waals surface area contributed by atoms with Crippen molar-refractivity contribution >= 4 is 57.9 Å². The van der Waals surface area contributed by atoms with Crippen LogP contribution in [0.3, 0.4) is 0 Å². The monoisotopic (exact) mass is 640 g/mol. The first-order valence-corrected chi connectivity index (χ1v) is 15.5. The topological polar surface area (TPSA) is 141 Å². The Morgan fingerprint density at radius 3 is 2.64 bits per heavy atom. The molecular weight excluding hydrogens is 614 g/mol. The van der Waals surface area contributed by atoms with Crippen LogP contribution in [0.1, 0.15) is 42.9 Å². The van der Waals surface area contributed by atoms with E-state index in [2.05, 4.69) is 15.0 Å². The summed E-state index contributed by atoms with van der Waals surface area (Å²) >= 11 is 5.10. The summed E-state index contributed by atoms with van der Waals surface area (Å²) in [5.74, 6) is -4.63. The number of anilines is 3. The Balaban J connectivity index is 1.63. The zero-order chi connectivity index (χ0) is 31.6. The Kier molecular flexibility index (Phi) is 9.05. The van der Waals surface area contributed by atoms with Gasteiger partial charge in [0.2, 0.25) is 11.8 Å². The third-order valence-corrected chi connectivity index (χ3v) is 8.25. The number of hydrogen-bond donors (Lipinski definition) is 2. The van der Waals surface area contributed by atoms with E-state index in [1.165, 1.54) is 46.5 Å². The van der Waals surface area contributed by atoms with Gasteiger partial charge in [-0.05, 0) is 42.8 Å². The van der Waals surface area contributed by atoms with E-state index in [-0.39, 0.29) is 40.5 Å². The first-order valence-electron chi connectivity index (χ1n) is 13.6. The molecule has 3 amide bonds. The molecule has 0 spiro atoms. The van der Waals surface area contributed by atoms with Gasteiger partial charge >= 0.3 is 0 Å². The molecule has 5 rings (SSSR count). The molecule has 2 heterocycles. The average Bonchev–Trinajstić information content (AvgIpc) is 3.36. The second kappa shape index (κ2) is 12.8. The van der Waals surface area contributed by atoms with Crippen molar-refractivity contribution < 1.29 is 27.7 Å². The van der Waals surface area contributed by atoms with E-state index in [4.69, 9.17) is 11.6 Å². The molecule has 3 atom stereocenters. The van der Waals surface area contributed by atoms with Gasteiger partial charge in [-0.1, -0.05) is 35.9 Å². The van der Waals surface area contributed by atoms with Gasteiger partial charge in [0, 0.05) is 47.8 Å². The van der Waals surface area contributed by atoms with Crippen LogP contribution in [-0.2, 0) is 25.7 Å². The number of nitriles is 1. The fourth-order valence-electron chi connectivity index (χ4n) is 5.41. The zero-order valence-corrected chi connectivity index (χ0v) is 24.9. The molecule has 1 saturated carbocycles. The van der Waals surface area contributed by atoms with Crippen molar-refractivity contribution in [3.63, 3.8) is 0 Å². The summed E-state index contributed by atoms with van der Waals surface area (Å²) in [5.41, 5.74) is 1.03. The Labute approximate surface area is 260 Å². The van der Waals surface area contributed by atoms with Gasteiger partial charge in [-0.15, -0.1) is 0 Å². The first kappa shape index (κ1) is 31.2. The maximum absolute atomic E-state index is 14.7. The lowest BCUT2D eigenvalue weighted by molar-refractivity contribution is -0.133. The van der Waals surface area contributed by atoms with E-state index >= 15 is 0 Å². The molecule has 2 N–H and O–H groups in total. The van der Waals surface area contributed by atoms with Crippen LogP contribution in [0.25, 0.3) is 0 Å². The fourth-order valence-corrected chi connectivity index (χ4v) is 6.11. The average molecular weight is 641 g/mol. The maximum atomic E-state index is 14.7. The molecule has 2 aliphatic rings. The molecule has 44 heavy (non-hydrogen) atoms. The predicted molar refractivity (Wildman–Crippen MR) is 161 cm³/mol. The number of alkyl halides is 2. The fraction of sp³-hybridized carbons (Fsp3) is 0.300. The molecule has 1 aromatic heterocycles. The van der Waals surface area contributed by atoms with Gasteiger partial charge in [-0.25, -0.2) is 18.5 Å². The molecule has 1 aliphatic heterocycles. The third kappa shape index (κ3) is 6.62. The van der Waals surface area contributed by atoms with Gasteiger partial charge in [-0.3, -0.25) is 24.2 Å². The molecule has 14 heteroatoms. The smallest absolute Gasteiger partial charge is 0.252 e. The number of pyridine rings is 1. The normalized spacial score (nSPS) is 19.0.